The largest absolute Gasteiger partial charge is 0.391 e. The van der Waals surface area contributed by atoms with Crippen LogP contribution < -0.4 is 5.32 Å². The zero-order valence-corrected chi connectivity index (χ0v) is 12.8. The van der Waals surface area contributed by atoms with E-state index in [1.807, 2.05) is 6.92 Å². The van der Waals surface area contributed by atoms with Gasteiger partial charge in [0, 0.05) is 17.5 Å². The van der Waals surface area contributed by atoms with Gasteiger partial charge in [0.25, 0.3) is 5.91 Å². The number of benzene rings is 1. The summed E-state index contributed by atoms with van der Waals surface area (Å²) in [5.74, 6) is 4.88. The average molecular weight is 303 g/mol. The van der Waals surface area contributed by atoms with Crippen LogP contribution in [0.15, 0.2) is 24.3 Å². The second kappa shape index (κ2) is 8.98. The fraction of sp³-hybridized carbons (Fsp3) is 0.412. The molecule has 0 spiro atoms. The smallest absolute Gasteiger partial charge is 0.251 e. The van der Waals surface area contributed by atoms with Gasteiger partial charge in [0.05, 0.1) is 6.10 Å². The molecule has 0 radical (unpaired) electrons. The first kappa shape index (κ1) is 17.9. The molecule has 3 N–H and O–H groups in total. The highest BCUT2D eigenvalue weighted by molar-refractivity contribution is 5.98. The summed E-state index contributed by atoms with van der Waals surface area (Å²) in [6.07, 6.45) is 0.733. The number of Topliss-reactive ketones (excluding diaryl/α,β-unsaturated/α-hetero) is 1. The Balaban J connectivity index is 2.77. The van der Waals surface area contributed by atoms with Gasteiger partial charge in [-0.15, -0.1) is 0 Å². The second-order valence-corrected chi connectivity index (χ2v) is 4.95. The molecule has 22 heavy (non-hydrogen) atoms. The van der Waals surface area contributed by atoms with Crippen LogP contribution in [-0.2, 0) is 4.79 Å². The number of nitrogens with one attached hydrogen (secondary N) is 1. The summed E-state index contributed by atoms with van der Waals surface area (Å²) in [6, 6.07) is 5.54. The van der Waals surface area contributed by atoms with E-state index in [0.717, 1.165) is 18.4 Å². The van der Waals surface area contributed by atoms with Gasteiger partial charge in [-0.3, -0.25) is 9.59 Å². The van der Waals surface area contributed by atoms with E-state index in [1.165, 1.54) is 6.92 Å². The molecule has 0 aliphatic heterocycles. The fourth-order valence-electron chi connectivity index (χ4n) is 1.79. The molecular formula is C17H21NO4. The first-order chi connectivity index (χ1) is 10.5. The van der Waals surface area contributed by atoms with Crippen molar-refractivity contribution in [2.45, 2.75) is 38.8 Å². The molecule has 2 atom stereocenters. The Morgan fingerprint density at radius 3 is 2.41 bits per heavy atom. The topological polar surface area (TPSA) is 86.6 Å². The Bertz CT molecular complexity index is 567. The molecule has 0 saturated heterocycles. The molecule has 1 aromatic rings. The van der Waals surface area contributed by atoms with Crippen molar-refractivity contribution in [2.24, 2.45) is 0 Å². The van der Waals surface area contributed by atoms with E-state index >= 15 is 0 Å². The maximum atomic E-state index is 12.1. The van der Waals surface area contributed by atoms with E-state index in [2.05, 4.69) is 17.2 Å². The number of ketones is 1. The molecule has 0 unspecified atom stereocenters. The van der Waals surface area contributed by atoms with E-state index in [0.29, 0.717) is 5.56 Å². The quantitative estimate of drug-likeness (QED) is 0.681. The van der Waals surface area contributed by atoms with E-state index in [9.17, 15) is 14.7 Å². The van der Waals surface area contributed by atoms with Gasteiger partial charge < -0.3 is 15.5 Å². The van der Waals surface area contributed by atoms with Gasteiger partial charge in [-0.1, -0.05) is 18.8 Å². The third kappa shape index (κ3) is 5.32. The highest BCUT2D eigenvalue weighted by atomic mass is 16.3. The first-order valence-electron chi connectivity index (χ1n) is 7.21. The van der Waals surface area contributed by atoms with Crippen molar-refractivity contribution in [3.8, 4) is 11.8 Å². The lowest BCUT2D eigenvalue weighted by molar-refractivity contribution is -0.125. The lowest BCUT2D eigenvalue weighted by Crippen LogP contribution is -2.48. The number of carbonyl (C=O) groups excluding carboxylic acids is 2. The molecule has 0 aliphatic carbocycles. The summed E-state index contributed by atoms with van der Waals surface area (Å²) < 4.78 is 0. The van der Waals surface area contributed by atoms with Crippen molar-refractivity contribution in [3.63, 3.8) is 0 Å². The lowest BCUT2D eigenvalue weighted by atomic mass is 10.1. The Morgan fingerprint density at radius 1 is 1.27 bits per heavy atom. The van der Waals surface area contributed by atoms with Crippen LogP contribution in [0.5, 0.6) is 0 Å². The summed E-state index contributed by atoms with van der Waals surface area (Å²) in [4.78, 5) is 23.5. The second-order valence-electron chi connectivity index (χ2n) is 4.95. The van der Waals surface area contributed by atoms with Crippen LogP contribution in [0.2, 0.25) is 0 Å². The van der Waals surface area contributed by atoms with Gasteiger partial charge in [0.15, 0.2) is 5.78 Å². The van der Waals surface area contributed by atoms with Crippen LogP contribution in [0.3, 0.4) is 0 Å². The van der Waals surface area contributed by atoms with E-state index in [1.54, 1.807) is 24.3 Å². The van der Waals surface area contributed by atoms with Crippen LogP contribution in [0.1, 0.15) is 42.6 Å². The number of rotatable bonds is 6. The predicted octanol–water partition coefficient (Wildman–Crippen LogP) is 0.879. The highest BCUT2D eigenvalue weighted by Crippen LogP contribution is 2.05. The maximum absolute atomic E-state index is 12.1. The minimum absolute atomic E-state index is 0.359. The average Bonchev–Trinajstić information content (AvgIpc) is 2.52. The molecule has 1 rings (SSSR count). The van der Waals surface area contributed by atoms with E-state index in [-0.39, 0.29) is 0 Å². The third-order valence-corrected chi connectivity index (χ3v) is 3.03. The molecule has 0 aromatic heterocycles. The van der Waals surface area contributed by atoms with Crippen molar-refractivity contribution in [1.82, 2.24) is 5.32 Å². The normalized spacial score (nSPS) is 12.7. The van der Waals surface area contributed by atoms with Crippen LogP contribution in [0.25, 0.3) is 0 Å². The number of hydrogen-bond acceptors (Lipinski definition) is 4. The number of aliphatic hydroxyl groups excluding tert-OH is 2. The number of amides is 1. The molecule has 0 fully saturated rings. The van der Waals surface area contributed by atoms with Crippen molar-refractivity contribution in [3.05, 3.63) is 35.4 Å². The number of aliphatic hydroxyl groups is 2. The van der Waals surface area contributed by atoms with Gasteiger partial charge in [-0.05, 0) is 37.6 Å². The molecule has 5 nitrogen and oxygen atoms in total. The summed E-state index contributed by atoms with van der Waals surface area (Å²) in [5.41, 5.74) is 1.17. The maximum Gasteiger partial charge on any atom is 0.251 e. The number of carbonyl (C=O) groups is 2. The third-order valence-electron chi connectivity index (χ3n) is 3.03. The Morgan fingerprint density at radius 2 is 1.91 bits per heavy atom. The van der Waals surface area contributed by atoms with Gasteiger partial charge in [-0.2, -0.15) is 0 Å². The molecule has 118 valence electrons. The fourth-order valence-corrected chi connectivity index (χ4v) is 1.79. The zero-order valence-electron chi connectivity index (χ0n) is 12.8. The minimum Gasteiger partial charge on any atom is -0.391 e. The Labute approximate surface area is 130 Å². The SMILES string of the molecule is CCCC#Cc1ccc(C(=O)N[C@H](C(=O)CO)[C@@H](C)O)cc1. The van der Waals surface area contributed by atoms with Crippen molar-refractivity contribution in [1.29, 1.82) is 0 Å². The predicted molar refractivity (Wildman–Crippen MR) is 83.3 cm³/mol. The first-order valence-corrected chi connectivity index (χ1v) is 7.21. The van der Waals surface area contributed by atoms with Crippen LogP contribution in [0, 0.1) is 11.8 Å². The van der Waals surface area contributed by atoms with Crippen LogP contribution in [0.4, 0.5) is 0 Å². The minimum atomic E-state index is -1.12. The molecular weight excluding hydrogens is 282 g/mol. The Hall–Kier alpha value is -2.16. The molecule has 1 amide bonds. The summed E-state index contributed by atoms with van der Waals surface area (Å²) in [6.45, 7) is 2.70. The molecule has 0 heterocycles. The lowest BCUT2D eigenvalue weighted by Gasteiger charge is -2.19. The van der Waals surface area contributed by atoms with Crippen molar-refractivity contribution < 1.29 is 19.8 Å². The summed E-state index contributed by atoms with van der Waals surface area (Å²) in [5, 5.41) is 20.8. The monoisotopic (exact) mass is 303 g/mol. The molecule has 5 heteroatoms. The standard InChI is InChI=1S/C17H21NO4/c1-3-4-5-6-13-7-9-14(10-8-13)17(22)18-16(12(2)20)15(21)11-19/h7-10,12,16,19-20H,3-4,11H2,1-2H3,(H,18,22)/t12-,16+/m1/s1. The Kier molecular flexibility index (Phi) is 7.30. The molecule has 0 saturated carbocycles. The van der Waals surface area contributed by atoms with Crippen molar-refractivity contribution >= 4 is 11.7 Å². The van der Waals surface area contributed by atoms with Gasteiger partial charge >= 0.3 is 0 Å². The molecule has 1 aromatic carbocycles. The van der Waals surface area contributed by atoms with Gasteiger partial charge in [0.1, 0.15) is 12.6 Å². The number of unbranched alkanes of at least 4 members (excludes halogenated alkanes) is 1. The summed E-state index contributed by atoms with van der Waals surface area (Å²) >= 11 is 0. The van der Waals surface area contributed by atoms with E-state index in [4.69, 9.17) is 5.11 Å². The van der Waals surface area contributed by atoms with Crippen LogP contribution in [-0.4, -0.2) is 40.7 Å². The van der Waals surface area contributed by atoms with Crippen molar-refractivity contribution in [2.75, 3.05) is 6.61 Å². The molecule has 0 aliphatic rings. The summed E-state index contributed by atoms with van der Waals surface area (Å²) in [7, 11) is 0. The van der Waals surface area contributed by atoms with Gasteiger partial charge in [-0.25, -0.2) is 0 Å². The van der Waals surface area contributed by atoms with E-state index < -0.39 is 30.4 Å². The highest BCUT2D eigenvalue weighted by Gasteiger charge is 2.25. The van der Waals surface area contributed by atoms with Gasteiger partial charge in [0.2, 0.25) is 0 Å². The molecule has 0 bridgehead atoms. The van der Waals surface area contributed by atoms with Crippen LogP contribution >= 0.6 is 0 Å². The zero-order chi connectivity index (χ0) is 16.5. The number of hydrogen-bond donors (Lipinski definition) is 3.